The van der Waals surface area contributed by atoms with E-state index in [0.717, 1.165) is 16.3 Å². The molecule has 120 valence electrons. The molecular formula is C16H17N3O3S. The second-order valence-corrected chi connectivity index (χ2v) is 6.73. The second-order valence-electron chi connectivity index (χ2n) is 5.67. The fourth-order valence-corrected chi connectivity index (χ4v) is 3.57. The van der Waals surface area contributed by atoms with Crippen LogP contribution in [0.2, 0.25) is 0 Å². The third-order valence-corrected chi connectivity index (χ3v) is 4.95. The Balaban J connectivity index is 1.74. The van der Waals surface area contributed by atoms with E-state index in [1.165, 1.54) is 11.3 Å². The van der Waals surface area contributed by atoms with Crippen molar-refractivity contribution < 1.29 is 14.7 Å². The van der Waals surface area contributed by atoms with Crippen LogP contribution in [0.3, 0.4) is 0 Å². The lowest BCUT2D eigenvalue weighted by molar-refractivity contribution is -0.141. The van der Waals surface area contributed by atoms with Crippen LogP contribution in [0.4, 0.5) is 0 Å². The van der Waals surface area contributed by atoms with Gasteiger partial charge in [0.05, 0.1) is 23.0 Å². The predicted octanol–water partition coefficient (Wildman–Crippen LogP) is 1.72. The number of hydrogen-bond donors (Lipinski definition) is 1. The maximum Gasteiger partial charge on any atom is 0.308 e. The van der Waals surface area contributed by atoms with Crippen molar-refractivity contribution in [1.82, 2.24) is 14.9 Å². The molecule has 1 aliphatic heterocycles. The van der Waals surface area contributed by atoms with Crippen LogP contribution >= 0.6 is 11.3 Å². The number of aromatic nitrogens is 2. The van der Waals surface area contributed by atoms with Gasteiger partial charge in [0.1, 0.15) is 0 Å². The third kappa shape index (κ3) is 3.39. The highest BCUT2D eigenvalue weighted by molar-refractivity contribution is 7.09. The second kappa shape index (κ2) is 6.45. The first-order chi connectivity index (χ1) is 11.0. The number of carbonyl (C=O) groups excluding carboxylic acids is 1. The molecule has 1 amide bonds. The van der Waals surface area contributed by atoms with Crippen LogP contribution in [-0.2, 0) is 16.0 Å². The summed E-state index contributed by atoms with van der Waals surface area (Å²) in [6.07, 6.45) is 3.52. The van der Waals surface area contributed by atoms with Gasteiger partial charge in [-0.15, -0.1) is 11.3 Å². The van der Waals surface area contributed by atoms with Gasteiger partial charge in [-0.25, -0.2) is 4.98 Å². The van der Waals surface area contributed by atoms with Crippen molar-refractivity contribution >= 4 is 23.2 Å². The molecule has 23 heavy (non-hydrogen) atoms. The minimum atomic E-state index is -0.869. The van der Waals surface area contributed by atoms with Gasteiger partial charge >= 0.3 is 5.97 Å². The number of carboxylic acids is 1. The molecule has 2 aromatic heterocycles. The zero-order valence-electron chi connectivity index (χ0n) is 12.7. The highest BCUT2D eigenvalue weighted by Crippen LogP contribution is 2.33. The predicted molar refractivity (Wildman–Crippen MR) is 85.2 cm³/mol. The molecule has 0 saturated carbocycles. The third-order valence-electron chi connectivity index (χ3n) is 4.12. The minimum absolute atomic E-state index is 0.0712. The number of nitrogens with zero attached hydrogens (tertiary/aromatic N) is 3. The first kappa shape index (κ1) is 15.6. The molecule has 0 spiro atoms. The van der Waals surface area contributed by atoms with E-state index in [1.807, 2.05) is 24.4 Å². The fraction of sp³-hybridized carbons (Fsp3) is 0.375. The SMILES string of the molecule is Cc1nc(CC(=O)N2C[C@@H](C(=O)O)[C@H](c3ccncc3)C2)cs1. The van der Waals surface area contributed by atoms with Crippen LogP contribution in [0.1, 0.15) is 22.2 Å². The number of aliphatic carboxylic acids is 1. The van der Waals surface area contributed by atoms with Gasteiger partial charge in [-0.1, -0.05) is 0 Å². The summed E-state index contributed by atoms with van der Waals surface area (Å²) in [7, 11) is 0. The van der Waals surface area contributed by atoms with E-state index in [0.29, 0.717) is 6.54 Å². The number of likely N-dealkylation sites (tertiary alicyclic amines) is 1. The largest absolute Gasteiger partial charge is 0.481 e. The summed E-state index contributed by atoms with van der Waals surface area (Å²) in [4.78, 5) is 33.9. The maximum atomic E-state index is 12.5. The number of rotatable bonds is 4. The van der Waals surface area contributed by atoms with Gasteiger partial charge in [0, 0.05) is 36.8 Å². The summed E-state index contributed by atoms with van der Waals surface area (Å²) in [6, 6.07) is 3.64. The summed E-state index contributed by atoms with van der Waals surface area (Å²) in [6.45, 7) is 2.56. The molecule has 2 aromatic rings. The molecule has 0 unspecified atom stereocenters. The van der Waals surface area contributed by atoms with Crippen LogP contribution in [0.25, 0.3) is 0 Å². The molecule has 0 radical (unpaired) electrons. The van der Waals surface area contributed by atoms with E-state index in [-0.39, 0.29) is 24.8 Å². The molecule has 0 aliphatic carbocycles. The first-order valence-electron chi connectivity index (χ1n) is 7.36. The Labute approximate surface area is 137 Å². The monoisotopic (exact) mass is 331 g/mol. The average molecular weight is 331 g/mol. The van der Waals surface area contributed by atoms with Crippen molar-refractivity contribution in [3.05, 3.63) is 46.2 Å². The molecule has 1 fully saturated rings. The van der Waals surface area contributed by atoms with Crippen molar-refractivity contribution in [2.45, 2.75) is 19.3 Å². The fourth-order valence-electron chi connectivity index (χ4n) is 2.96. The summed E-state index contributed by atoms with van der Waals surface area (Å²) in [5.74, 6) is -1.72. The minimum Gasteiger partial charge on any atom is -0.481 e. The Morgan fingerprint density at radius 2 is 2.09 bits per heavy atom. The normalized spacial score (nSPS) is 20.7. The first-order valence-corrected chi connectivity index (χ1v) is 8.24. The molecule has 1 aliphatic rings. The van der Waals surface area contributed by atoms with Crippen molar-refractivity contribution in [2.24, 2.45) is 5.92 Å². The Morgan fingerprint density at radius 1 is 1.35 bits per heavy atom. The molecule has 3 rings (SSSR count). The number of carbonyl (C=O) groups is 2. The van der Waals surface area contributed by atoms with E-state index in [9.17, 15) is 14.7 Å². The maximum absolute atomic E-state index is 12.5. The van der Waals surface area contributed by atoms with Gasteiger partial charge < -0.3 is 10.0 Å². The van der Waals surface area contributed by atoms with Crippen molar-refractivity contribution in [3.63, 3.8) is 0 Å². The molecule has 3 heterocycles. The lowest BCUT2D eigenvalue weighted by Gasteiger charge is -2.16. The molecule has 7 heteroatoms. The lowest BCUT2D eigenvalue weighted by atomic mass is 9.90. The summed E-state index contributed by atoms with van der Waals surface area (Å²) >= 11 is 1.51. The van der Waals surface area contributed by atoms with Gasteiger partial charge in [0.15, 0.2) is 0 Å². The van der Waals surface area contributed by atoms with Crippen LogP contribution in [0.15, 0.2) is 29.9 Å². The summed E-state index contributed by atoms with van der Waals surface area (Å²) in [5.41, 5.74) is 1.66. The summed E-state index contributed by atoms with van der Waals surface area (Å²) in [5, 5.41) is 12.3. The van der Waals surface area contributed by atoms with Crippen molar-refractivity contribution in [1.29, 1.82) is 0 Å². The highest BCUT2D eigenvalue weighted by Gasteiger charge is 2.40. The summed E-state index contributed by atoms with van der Waals surface area (Å²) < 4.78 is 0. The average Bonchev–Trinajstić information content (AvgIpc) is 3.15. The number of thiazole rings is 1. The lowest BCUT2D eigenvalue weighted by Crippen LogP contribution is -2.31. The van der Waals surface area contributed by atoms with Crippen LogP contribution in [-0.4, -0.2) is 44.9 Å². The molecule has 0 bridgehead atoms. The molecule has 1 N–H and O–H groups in total. The van der Waals surface area contributed by atoms with Crippen molar-refractivity contribution in [2.75, 3.05) is 13.1 Å². The van der Waals surface area contributed by atoms with Gasteiger partial charge in [-0.2, -0.15) is 0 Å². The Kier molecular flexibility index (Phi) is 4.38. The van der Waals surface area contributed by atoms with E-state index in [4.69, 9.17) is 0 Å². The smallest absolute Gasteiger partial charge is 0.308 e. The van der Waals surface area contributed by atoms with Gasteiger partial charge in [-0.3, -0.25) is 14.6 Å². The zero-order valence-corrected chi connectivity index (χ0v) is 13.5. The van der Waals surface area contributed by atoms with Crippen LogP contribution in [0, 0.1) is 12.8 Å². The van der Waals surface area contributed by atoms with Crippen molar-refractivity contribution in [3.8, 4) is 0 Å². The van der Waals surface area contributed by atoms with Gasteiger partial charge in [0.25, 0.3) is 0 Å². The number of aryl methyl sites for hydroxylation is 1. The molecule has 0 aromatic carbocycles. The van der Waals surface area contributed by atoms with E-state index in [2.05, 4.69) is 9.97 Å². The number of amides is 1. The Hall–Kier alpha value is -2.28. The zero-order chi connectivity index (χ0) is 16.4. The Morgan fingerprint density at radius 3 is 2.70 bits per heavy atom. The number of pyridine rings is 1. The van der Waals surface area contributed by atoms with Gasteiger partial charge in [-0.05, 0) is 24.6 Å². The molecule has 1 saturated heterocycles. The highest BCUT2D eigenvalue weighted by atomic mass is 32.1. The number of carboxylic acid groups (broad SMARTS) is 1. The number of hydrogen-bond acceptors (Lipinski definition) is 5. The van der Waals surface area contributed by atoms with E-state index in [1.54, 1.807) is 17.3 Å². The standard InChI is InChI=1S/C16H17N3O3S/c1-10-18-12(9-23-10)6-15(20)19-7-13(14(8-19)16(21)22)11-2-4-17-5-3-11/h2-5,9,13-14H,6-8H2,1H3,(H,21,22)/t13-,14+/m0/s1. The molecule has 2 atom stereocenters. The topological polar surface area (TPSA) is 83.4 Å². The quantitative estimate of drug-likeness (QED) is 0.922. The van der Waals surface area contributed by atoms with Crippen LogP contribution < -0.4 is 0 Å². The molecular weight excluding hydrogens is 314 g/mol. The van der Waals surface area contributed by atoms with Crippen LogP contribution in [0.5, 0.6) is 0 Å². The van der Waals surface area contributed by atoms with E-state index < -0.39 is 11.9 Å². The Bertz CT molecular complexity index is 716. The van der Waals surface area contributed by atoms with Gasteiger partial charge in [0.2, 0.25) is 5.91 Å². The van der Waals surface area contributed by atoms with E-state index >= 15 is 0 Å². The molecule has 6 nitrogen and oxygen atoms in total.